The monoisotopic (exact) mass is 165 g/mol. The summed E-state index contributed by atoms with van der Waals surface area (Å²) in [6, 6.07) is 4.65. The number of rotatable bonds is 3. The normalized spacial score (nSPS) is 9.92. The van der Waals surface area contributed by atoms with E-state index in [1.165, 1.54) is 12.1 Å². The molecular weight excluding hydrogens is 154 g/mol. The van der Waals surface area contributed by atoms with Crippen LogP contribution in [0, 0.1) is 12.7 Å². The Kier molecular flexibility index (Phi) is 3.29. The maximum absolute atomic E-state index is 12.7. The van der Waals surface area contributed by atoms with Gasteiger partial charge >= 0.3 is 0 Å². The number of hydrogen-bond donors (Lipinski definition) is 1. The van der Waals surface area contributed by atoms with Gasteiger partial charge in [-0.3, -0.25) is 0 Å². The van der Waals surface area contributed by atoms with Crippen molar-refractivity contribution in [1.82, 2.24) is 0 Å². The summed E-state index contributed by atoms with van der Waals surface area (Å²) in [5, 5.41) is 8.56. The first-order valence-electron chi connectivity index (χ1n) is 3.94. The predicted molar refractivity (Wildman–Crippen MR) is 48.4 cm³/mol. The van der Waals surface area contributed by atoms with E-state index in [0.29, 0.717) is 6.32 Å². The molecule has 1 aromatic carbocycles. The summed E-state index contributed by atoms with van der Waals surface area (Å²) in [5.74, 6) is -0.232. The van der Waals surface area contributed by atoms with Gasteiger partial charge in [-0.05, 0) is 19.1 Å². The van der Waals surface area contributed by atoms with Crippen LogP contribution in [0.2, 0.25) is 6.32 Å². The molecule has 0 amide bonds. The van der Waals surface area contributed by atoms with Crippen LogP contribution in [0.25, 0.3) is 0 Å². The molecule has 63 valence electrons. The van der Waals surface area contributed by atoms with E-state index < -0.39 is 0 Å². The molecule has 0 aliphatic carbocycles. The van der Waals surface area contributed by atoms with Gasteiger partial charge < -0.3 is 5.11 Å². The highest BCUT2D eigenvalue weighted by Gasteiger charge is 2.00. The number of aliphatic hydroxyl groups is 1. The minimum absolute atomic E-state index is 0.107. The van der Waals surface area contributed by atoms with Crippen molar-refractivity contribution in [1.29, 1.82) is 0 Å². The summed E-state index contributed by atoms with van der Waals surface area (Å²) < 4.78 is 12.7. The van der Waals surface area contributed by atoms with Gasteiger partial charge in [-0.1, -0.05) is 23.4 Å². The average molecular weight is 165 g/mol. The van der Waals surface area contributed by atoms with Crippen molar-refractivity contribution in [3.8, 4) is 0 Å². The fourth-order valence-electron chi connectivity index (χ4n) is 1.05. The molecule has 1 aromatic rings. The lowest BCUT2D eigenvalue weighted by atomic mass is 9.66. The van der Waals surface area contributed by atoms with Crippen molar-refractivity contribution in [3.63, 3.8) is 0 Å². The minimum Gasteiger partial charge on any atom is -0.397 e. The second-order valence-electron chi connectivity index (χ2n) is 2.72. The number of benzene rings is 1. The van der Waals surface area contributed by atoms with Gasteiger partial charge in [0.1, 0.15) is 5.82 Å². The van der Waals surface area contributed by atoms with E-state index >= 15 is 0 Å². The summed E-state index contributed by atoms with van der Waals surface area (Å²) >= 11 is 0. The van der Waals surface area contributed by atoms with Crippen molar-refractivity contribution in [2.24, 2.45) is 0 Å². The first-order valence-corrected chi connectivity index (χ1v) is 3.94. The van der Waals surface area contributed by atoms with Crippen LogP contribution in [0.1, 0.15) is 5.56 Å². The Morgan fingerprint density at radius 3 is 2.92 bits per heavy atom. The first-order chi connectivity index (χ1) is 5.74. The minimum atomic E-state index is -0.232. The lowest BCUT2D eigenvalue weighted by Gasteiger charge is -2.02. The smallest absolute Gasteiger partial charge is 0.154 e. The first kappa shape index (κ1) is 9.26. The Bertz CT molecular complexity index is 263. The molecule has 0 fully saturated rings. The summed E-state index contributed by atoms with van der Waals surface area (Å²) in [4.78, 5) is 0. The fourth-order valence-corrected chi connectivity index (χ4v) is 1.05. The maximum Gasteiger partial charge on any atom is 0.154 e. The summed E-state index contributed by atoms with van der Waals surface area (Å²) in [6.07, 6.45) is 0.574. The Labute approximate surface area is 72.5 Å². The number of hydrogen-bond acceptors (Lipinski definition) is 1. The zero-order chi connectivity index (χ0) is 8.97. The molecule has 0 bridgehead atoms. The molecule has 1 rings (SSSR count). The van der Waals surface area contributed by atoms with Crippen LogP contribution in [-0.2, 0) is 0 Å². The van der Waals surface area contributed by atoms with Crippen molar-refractivity contribution in [2.45, 2.75) is 13.2 Å². The van der Waals surface area contributed by atoms with Gasteiger partial charge in [-0.2, -0.15) is 0 Å². The molecule has 1 nitrogen and oxygen atoms in total. The van der Waals surface area contributed by atoms with Crippen molar-refractivity contribution < 1.29 is 9.50 Å². The molecule has 0 saturated heterocycles. The summed E-state index contributed by atoms with van der Waals surface area (Å²) in [5.41, 5.74) is 1.90. The van der Waals surface area contributed by atoms with Crippen LogP contribution in [0.5, 0.6) is 0 Å². The highest BCUT2D eigenvalue weighted by molar-refractivity contribution is 6.54. The van der Waals surface area contributed by atoms with Crippen LogP contribution in [0.4, 0.5) is 4.39 Å². The van der Waals surface area contributed by atoms with Crippen LogP contribution >= 0.6 is 0 Å². The molecule has 0 aromatic heterocycles. The Morgan fingerprint density at radius 1 is 1.50 bits per heavy atom. The summed E-state index contributed by atoms with van der Waals surface area (Å²) in [6.45, 7) is 2.03. The lowest BCUT2D eigenvalue weighted by molar-refractivity contribution is 0.318. The molecule has 0 spiro atoms. The molecule has 0 aliphatic rings. The van der Waals surface area contributed by atoms with Gasteiger partial charge in [0.05, 0.1) is 0 Å². The van der Waals surface area contributed by atoms with Crippen LogP contribution in [-0.4, -0.2) is 19.0 Å². The third-order valence-electron chi connectivity index (χ3n) is 1.73. The van der Waals surface area contributed by atoms with E-state index in [9.17, 15) is 4.39 Å². The Hall–Kier alpha value is -0.825. The van der Waals surface area contributed by atoms with Crippen molar-refractivity contribution in [3.05, 3.63) is 29.6 Å². The van der Waals surface area contributed by atoms with E-state index in [1.54, 1.807) is 6.07 Å². The van der Waals surface area contributed by atoms with Gasteiger partial charge in [0.15, 0.2) is 7.28 Å². The van der Waals surface area contributed by atoms with Gasteiger partial charge in [0, 0.05) is 6.61 Å². The molecule has 0 atom stereocenters. The molecule has 0 unspecified atom stereocenters. The molecule has 1 N–H and O–H groups in total. The molecule has 12 heavy (non-hydrogen) atoms. The fraction of sp³-hybridized carbons (Fsp3) is 0.333. The third-order valence-corrected chi connectivity index (χ3v) is 1.73. The van der Waals surface area contributed by atoms with E-state index in [4.69, 9.17) is 5.11 Å². The van der Waals surface area contributed by atoms with Gasteiger partial charge in [-0.25, -0.2) is 4.39 Å². The number of aryl methyl sites for hydroxylation is 1. The molecule has 0 aliphatic heterocycles. The standard InChI is InChI=1S/C9H11BFO/c1-7-2-3-8(11)6-9(7)10-4-5-12/h2-3,6,12H,4-5H2,1H3. The van der Waals surface area contributed by atoms with E-state index in [-0.39, 0.29) is 12.4 Å². The van der Waals surface area contributed by atoms with Crippen molar-refractivity contribution >= 4 is 12.7 Å². The Morgan fingerprint density at radius 2 is 2.25 bits per heavy atom. The second kappa shape index (κ2) is 4.26. The molecule has 3 heteroatoms. The molecule has 1 radical (unpaired) electrons. The molecule has 0 saturated carbocycles. The van der Waals surface area contributed by atoms with Crippen LogP contribution < -0.4 is 5.46 Å². The van der Waals surface area contributed by atoms with Crippen molar-refractivity contribution in [2.75, 3.05) is 6.61 Å². The van der Waals surface area contributed by atoms with Crippen LogP contribution in [0.3, 0.4) is 0 Å². The van der Waals surface area contributed by atoms with E-state index in [1.807, 2.05) is 14.2 Å². The highest BCUT2D eigenvalue weighted by Crippen LogP contribution is 1.98. The largest absolute Gasteiger partial charge is 0.397 e. The second-order valence-corrected chi connectivity index (χ2v) is 2.72. The quantitative estimate of drug-likeness (QED) is 0.659. The zero-order valence-electron chi connectivity index (χ0n) is 7.05. The molecule has 0 heterocycles. The van der Waals surface area contributed by atoms with Gasteiger partial charge in [-0.15, -0.1) is 0 Å². The SMILES string of the molecule is Cc1ccc(F)cc1[B]CCO. The van der Waals surface area contributed by atoms with E-state index in [0.717, 1.165) is 11.0 Å². The predicted octanol–water partition coefficient (Wildman–Crippen LogP) is 0.874. The van der Waals surface area contributed by atoms with Gasteiger partial charge in [0.25, 0.3) is 0 Å². The zero-order valence-corrected chi connectivity index (χ0v) is 7.05. The average Bonchev–Trinajstić information content (AvgIpc) is 2.07. The lowest BCUT2D eigenvalue weighted by Crippen LogP contribution is -2.18. The maximum atomic E-state index is 12.7. The number of halogens is 1. The highest BCUT2D eigenvalue weighted by atomic mass is 19.1. The van der Waals surface area contributed by atoms with Gasteiger partial charge in [0.2, 0.25) is 0 Å². The summed E-state index contributed by atoms with van der Waals surface area (Å²) in [7, 11) is 1.83. The third kappa shape index (κ3) is 2.34. The topological polar surface area (TPSA) is 20.2 Å². The van der Waals surface area contributed by atoms with Crippen LogP contribution in [0.15, 0.2) is 18.2 Å². The Balaban J connectivity index is 2.75. The van der Waals surface area contributed by atoms with E-state index in [2.05, 4.69) is 0 Å². The number of aliphatic hydroxyl groups excluding tert-OH is 1. The molecular formula is C9H11BFO.